The van der Waals surface area contributed by atoms with Crippen LogP contribution in [0.25, 0.3) is 0 Å². The molecule has 0 heterocycles. The molecular weight excluding hydrogens is 125 g/mol. The van der Waals surface area contributed by atoms with Crippen molar-refractivity contribution in [1.82, 2.24) is 0 Å². The Labute approximate surface area is 44.1 Å². The topological polar surface area (TPSA) is 0 Å². The Morgan fingerprint density at radius 1 is 1.43 bits per heavy atom. The Balaban J connectivity index is 3.15. The summed E-state index contributed by atoms with van der Waals surface area (Å²) in [5, 5.41) is 0. The van der Waals surface area contributed by atoms with Gasteiger partial charge in [0.2, 0.25) is 0 Å². The third-order valence-corrected chi connectivity index (χ3v) is 0.797. The number of alkyl halides is 3. The smallest absolute Gasteiger partial charge is 0.170 e. The fourth-order valence-corrected chi connectivity index (χ4v) is 0.347. The number of rotatable bonds is 1. The average molecular weight is 129 g/mol. The molecule has 0 N–H and O–H groups in total. The second-order valence-electron chi connectivity index (χ2n) is 0.964. The van der Waals surface area contributed by atoms with Gasteiger partial charge in [-0.3, -0.25) is 0 Å². The lowest BCUT2D eigenvalue weighted by molar-refractivity contribution is -0.105. The van der Waals surface area contributed by atoms with Gasteiger partial charge < -0.3 is 0 Å². The number of hydrogen-bond donors (Lipinski definition) is 0. The molecule has 0 fully saturated rings. The normalized spacial score (nSPS) is 12.0. The van der Waals surface area contributed by atoms with Crippen molar-refractivity contribution in [3.05, 3.63) is 6.26 Å². The Morgan fingerprint density at radius 2 is 1.86 bits per heavy atom. The maximum absolute atomic E-state index is 11.0. The molecule has 0 bridgehead atoms. The zero-order chi connectivity index (χ0) is 5.91. The van der Waals surface area contributed by atoms with E-state index in [4.69, 9.17) is 0 Å². The van der Waals surface area contributed by atoms with E-state index in [9.17, 15) is 13.2 Å². The second kappa shape index (κ2) is 2.45. The fourth-order valence-electron chi connectivity index (χ4n) is 0.116. The summed E-state index contributed by atoms with van der Waals surface area (Å²) in [5.74, 6) is -0.854. The van der Waals surface area contributed by atoms with E-state index in [0.717, 1.165) is 0 Å². The van der Waals surface area contributed by atoms with Crippen molar-refractivity contribution >= 4 is 11.8 Å². The highest BCUT2D eigenvalue weighted by molar-refractivity contribution is 8.00. The van der Waals surface area contributed by atoms with E-state index < -0.39 is 11.9 Å². The Bertz CT molecular complexity index is 48.6. The van der Waals surface area contributed by atoms with Crippen molar-refractivity contribution in [2.45, 2.75) is 6.18 Å². The lowest BCUT2D eigenvalue weighted by atomic mass is 10.8. The van der Waals surface area contributed by atoms with Crippen LogP contribution < -0.4 is 0 Å². The zero-order valence-electron chi connectivity index (χ0n) is 3.46. The molecule has 0 saturated heterocycles. The van der Waals surface area contributed by atoms with Gasteiger partial charge in [0.15, 0.2) is 0 Å². The molecule has 0 aromatic heterocycles. The van der Waals surface area contributed by atoms with Crippen LogP contribution in [0.2, 0.25) is 0 Å². The van der Waals surface area contributed by atoms with Gasteiger partial charge in [-0.05, 0) is 0 Å². The van der Waals surface area contributed by atoms with Crippen LogP contribution in [0.15, 0.2) is 0 Å². The van der Waals surface area contributed by atoms with Crippen molar-refractivity contribution in [2.24, 2.45) is 0 Å². The van der Waals surface area contributed by atoms with Crippen LogP contribution in [0.4, 0.5) is 13.2 Å². The molecule has 0 atom stereocenters. The summed E-state index contributed by atoms with van der Waals surface area (Å²) in [6.45, 7) is 0. The SMILES string of the molecule is [CH2]SCC(F)(F)F. The van der Waals surface area contributed by atoms with Crippen LogP contribution in [0.3, 0.4) is 0 Å². The first-order valence-electron chi connectivity index (χ1n) is 1.50. The quantitative estimate of drug-likeness (QED) is 0.522. The standard InChI is InChI=1S/C3H4F3S/c1-7-2-3(4,5)6/h1-2H2. The van der Waals surface area contributed by atoms with E-state index in [2.05, 4.69) is 6.26 Å². The second-order valence-corrected chi connectivity index (χ2v) is 1.66. The Morgan fingerprint density at radius 3 is 1.86 bits per heavy atom. The highest BCUT2D eigenvalue weighted by Crippen LogP contribution is 2.19. The van der Waals surface area contributed by atoms with Gasteiger partial charge in [-0.25, -0.2) is 0 Å². The highest BCUT2D eigenvalue weighted by atomic mass is 32.2. The van der Waals surface area contributed by atoms with E-state index in [-0.39, 0.29) is 0 Å². The Hall–Kier alpha value is 0.140. The van der Waals surface area contributed by atoms with Crippen molar-refractivity contribution in [3.8, 4) is 0 Å². The molecule has 0 aromatic carbocycles. The molecule has 0 nitrogen and oxygen atoms in total. The van der Waals surface area contributed by atoms with Gasteiger partial charge in [-0.1, -0.05) is 0 Å². The van der Waals surface area contributed by atoms with Crippen LogP contribution in [0, 0.1) is 6.26 Å². The largest absolute Gasteiger partial charge is 0.397 e. The summed E-state index contributed by atoms with van der Waals surface area (Å²) in [6, 6.07) is 0. The van der Waals surface area contributed by atoms with E-state index in [1.165, 1.54) is 0 Å². The summed E-state index contributed by atoms with van der Waals surface area (Å²) in [5.41, 5.74) is 0. The summed E-state index contributed by atoms with van der Waals surface area (Å²) in [4.78, 5) is 0. The van der Waals surface area contributed by atoms with Gasteiger partial charge in [0.1, 0.15) is 0 Å². The molecule has 0 aromatic rings. The average Bonchev–Trinajstić information content (AvgIpc) is 1.30. The van der Waals surface area contributed by atoms with Gasteiger partial charge in [-0.15, -0.1) is 0 Å². The minimum atomic E-state index is -4.05. The van der Waals surface area contributed by atoms with Crippen molar-refractivity contribution in [2.75, 3.05) is 5.75 Å². The first kappa shape index (κ1) is 7.14. The molecule has 4 heteroatoms. The minimum absolute atomic E-state index is 0.534. The number of halogens is 3. The monoisotopic (exact) mass is 129 g/mol. The molecule has 0 unspecified atom stereocenters. The van der Waals surface area contributed by atoms with Gasteiger partial charge in [-0.2, -0.15) is 24.9 Å². The molecule has 0 saturated carbocycles. The van der Waals surface area contributed by atoms with Gasteiger partial charge in [0.25, 0.3) is 0 Å². The summed E-state index contributed by atoms with van der Waals surface area (Å²) >= 11 is 0.534. The van der Waals surface area contributed by atoms with Crippen molar-refractivity contribution < 1.29 is 13.2 Å². The van der Waals surface area contributed by atoms with Crippen LogP contribution in [-0.2, 0) is 0 Å². The lowest BCUT2D eigenvalue weighted by Gasteiger charge is -1.99. The van der Waals surface area contributed by atoms with Crippen LogP contribution in [-0.4, -0.2) is 11.9 Å². The van der Waals surface area contributed by atoms with E-state index in [1.807, 2.05) is 0 Å². The van der Waals surface area contributed by atoms with Crippen molar-refractivity contribution in [3.63, 3.8) is 0 Å². The van der Waals surface area contributed by atoms with Gasteiger partial charge >= 0.3 is 6.18 Å². The number of hydrogen-bond acceptors (Lipinski definition) is 1. The fraction of sp³-hybridized carbons (Fsp3) is 0.667. The molecule has 1 radical (unpaired) electrons. The molecule has 0 spiro atoms. The van der Waals surface area contributed by atoms with Crippen LogP contribution >= 0.6 is 11.8 Å². The predicted octanol–water partition coefficient (Wildman–Crippen LogP) is 2.07. The molecule has 0 amide bonds. The summed E-state index contributed by atoms with van der Waals surface area (Å²) < 4.78 is 33.0. The first-order chi connectivity index (χ1) is 3.06. The van der Waals surface area contributed by atoms with Crippen molar-refractivity contribution in [1.29, 1.82) is 0 Å². The molecular formula is C3H4F3S. The summed E-state index contributed by atoms with van der Waals surface area (Å²) in [6.07, 6.45) is -1.08. The Kier molecular flexibility index (Phi) is 2.50. The van der Waals surface area contributed by atoms with E-state index in [0.29, 0.717) is 11.8 Å². The maximum Gasteiger partial charge on any atom is 0.397 e. The minimum Gasteiger partial charge on any atom is -0.170 e. The van der Waals surface area contributed by atoms with Gasteiger partial charge in [0.05, 0.1) is 5.75 Å². The zero-order valence-corrected chi connectivity index (χ0v) is 4.27. The van der Waals surface area contributed by atoms with E-state index >= 15 is 0 Å². The summed E-state index contributed by atoms with van der Waals surface area (Å²) in [7, 11) is 0. The maximum atomic E-state index is 11.0. The molecule has 7 heavy (non-hydrogen) atoms. The molecule has 0 aliphatic carbocycles. The first-order valence-corrected chi connectivity index (χ1v) is 2.65. The highest BCUT2D eigenvalue weighted by Gasteiger charge is 2.25. The van der Waals surface area contributed by atoms with E-state index in [1.54, 1.807) is 0 Å². The van der Waals surface area contributed by atoms with Crippen LogP contribution in [0.5, 0.6) is 0 Å². The molecule has 0 aliphatic rings. The third kappa shape index (κ3) is 6.14. The van der Waals surface area contributed by atoms with Gasteiger partial charge in [0, 0.05) is 6.26 Å². The third-order valence-electron chi connectivity index (χ3n) is 0.266. The van der Waals surface area contributed by atoms with Crippen LogP contribution in [0.1, 0.15) is 0 Å². The molecule has 43 valence electrons. The number of thioether (sulfide) groups is 1. The predicted molar refractivity (Wildman–Crippen MR) is 23.9 cm³/mol. The lowest BCUT2D eigenvalue weighted by Crippen LogP contribution is -2.09. The molecule has 0 rings (SSSR count). The molecule has 0 aliphatic heterocycles.